The predicted molar refractivity (Wildman–Crippen MR) is 53.0 cm³/mol. The summed E-state index contributed by atoms with van der Waals surface area (Å²) in [6.07, 6.45) is 0. The fourth-order valence-corrected chi connectivity index (χ4v) is 1.57. The Balaban J connectivity index is 2.60. The van der Waals surface area contributed by atoms with E-state index < -0.39 is 0 Å². The molecule has 0 bridgehead atoms. The third-order valence-corrected chi connectivity index (χ3v) is 2.18. The van der Waals surface area contributed by atoms with E-state index in [9.17, 15) is 0 Å². The quantitative estimate of drug-likeness (QED) is 0.532. The van der Waals surface area contributed by atoms with Gasteiger partial charge in [0.2, 0.25) is 0 Å². The van der Waals surface area contributed by atoms with Gasteiger partial charge in [-0.15, -0.1) is 10.2 Å². The third-order valence-electron chi connectivity index (χ3n) is 2.18. The molecule has 0 N–H and O–H groups in total. The summed E-state index contributed by atoms with van der Waals surface area (Å²) < 4.78 is 1.82. The summed E-state index contributed by atoms with van der Waals surface area (Å²) in [5.41, 5.74) is 3.60. The van der Waals surface area contributed by atoms with E-state index >= 15 is 0 Å². The summed E-state index contributed by atoms with van der Waals surface area (Å²) in [5.74, 6) is 0. The van der Waals surface area contributed by atoms with E-state index in [0.29, 0.717) is 0 Å². The molecular formula is C10H8N4. The molecule has 2 heterocycles. The second-order valence-electron chi connectivity index (χ2n) is 3.24. The summed E-state index contributed by atoms with van der Waals surface area (Å²) in [6.45, 7) is 1.95. The number of aromatic nitrogens is 4. The molecule has 3 rings (SSSR count). The Labute approximate surface area is 80.2 Å². The molecule has 4 heteroatoms. The zero-order valence-electron chi connectivity index (χ0n) is 7.68. The SMILES string of the molecule is Cc1cc2nnc3ccccc3n2n1. The summed E-state index contributed by atoms with van der Waals surface area (Å²) >= 11 is 0. The first-order valence-corrected chi connectivity index (χ1v) is 4.42. The summed E-state index contributed by atoms with van der Waals surface area (Å²) in [6, 6.07) is 9.75. The number of rotatable bonds is 0. The Morgan fingerprint density at radius 1 is 1.14 bits per heavy atom. The maximum Gasteiger partial charge on any atom is 0.178 e. The van der Waals surface area contributed by atoms with Crippen molar-refractivity contribution in [3.63, 3.8) is 0 Å². The molecule has 2 aromatic heterocycles. The number of benzene rings is 1. The Morgan fingerprint density at radius 3 is 2.93 bits per heavy atom. The predicted octanol–water partition coefficient (Wildman–Crippen LogP) is 1.59. The van der Waals surface area contributed by atoms with Crippen LogP contribution in [-0.2, 0) is 0 Å². The average molecular weight is 184 g/mol. The number of hydrogen-bond acceptors (Lipinski definition) is 3. The molecule has 0 fully saturated rings. The Morgan fingerprint density at radius 2 is 2.00 bits per heavy atom. The Bertz CT molecular complexity index is 612. The first-order chi connectivity index (χ1) is 6.84. The number of hydrogen-bond donors (Lipinski definition) is 0. The van der Waals surface area contributed by atoms with Gasteiger partial charge >= 0.3 is 0 Å². The van der Waals surface area contributed by atoms with Gasteiger partial charge in [-0.25, -0.2) is 4.52 Å². The van der Waals surface area contributed by atoms with E-state index in [4.69, 9.17) is 0 Å². The zero-order valence-corrected chi connectivity index (χ0v) is 7.68. The average Bonchev–Trinajstić information content (AvgIpc) is 2.59. The molecule has 0 aliphatic heterocycles. The Kier molecular flexibility index (Phi) is 1.33. The van der Waals surface area contributed by atoms with E-state index in [1.54, 1.807) is 0 Å². The number of fused-ring (bicyclic) bond motifs is 3. The molecule has 0 saturated carbocycles. The minimum Gasteiger partial charge on any atom is -0.211 e. The molecule has 3 aromatic rings. The van der Waals surface area contributed by atoms with Gasteiger partial charge in [0.05, 0.1) is 11.2 Å². The van der Waals surface area contributed by atoms with Gasteiger partial charge in [0.15, 0.2) is 5.65 Å². The molecule has 1 aromatic carbocycles. The van der Waals surface area contributed by atoms with Crippen LogP contribution >= 0.6 is 0 Å². The molecule has 0 aliphatic carbocycles. The standard InChI is InChI=1S/C10H8N4/c1-7-6-10-12-11-8-4-2-3-5-9(8)14(10)13-7/h2-6H,1H3. The van der Waals surface area contributed by atoms with Gasteiger partial charge in [0.25, 0.3) is 0 Å². The normalized spacial score (nSPS) is 11.2. The third kappa shape index (κ3) is 0.907. The van der Waals surface area contributed by atoms with Gasteiger partial charge in [-0.1, -0.05) is 12.1 Å². The van der Waals surface area contributed by atoms with Gasteiger partial charge in [-0.2, -0.15) is 5.10 Å². The topological polar surface area (TPSA) is 43.1 Å². The second-order valence-corrected chi connectivity index (χ2v) is 3.24. The van der Waals surface area contributed by atoms with Crippen molar-refractivity contribution in [3.8, 4) is 0 Å². The fourth-order valence-electron chi connectivity index (χ4n) is 1.57. The summed E-state index contributed by atoms with van der Waals surface area (Å²) in [5, 5.41) is 12.5. The van der Waals surface area contributed by atoms with Crippen molar-refractivity contribution < 1.29 is 0 Å². The minimum atomic E-state index is 0.793. The molecule has 14 heavy (non-hydrogen) atoms. The molecule has 0 aliphatic rings. The van der Waals surface area contributed by atoms with E-state index in [0.717, 1.165) is 22.4 Å². The van der Waals surface area contributed by atoms with Gasteiger partial charge in [-0.05, 0) is 19.1 Å². The van der Waals surface area contributed by atoms with Crippen LogP contribution in [0.15, 0.2) is 30.3 Å². The molecule has 0 atom stereocenters. The van der Waals surface area contributed by atoms with E-state index in [2.05, 4.69) is 15.3 Å². The van der Waals surface area contributed by atoms with Crippen molar-refractivity contribution in [3.05, 3.63) is 36.0 Å². The van der Waals surface area contributed by atoms with Gasteiger partial charge in [0.1, 0.15) is 5.52 Å². The van der Waals surface area contributed by atoms with E-state index in [-0.39, 0.29) is 0 Å². The Hall–Kier alpha value is -1.97. The lowest BCUT2D eigenvalue weighted by Crippen LogP contribution is -1.95. The maximum atomic E-state index is 4.36. The summed E-state index contributed by atoms with van der Waals surface area (Å²) in [4.78, 5) is 0. The van der Waals surface area contributed by atoms with Crippen LogP contribution in [0.4, 0.5) is 0 Å². The highest BCUT2D eigenvalue weighted by atomic mass is 15.3. The van der Waals surface area contributed by atoms with Crippen LogP contribution in [0.2, 0.25) is 0 Å². The molecule has 0 saturated heterocycles. The molecule has 0 unspecified atom stereocenters. The van der Waals surface area contributed by atoms with Crippen LogP contribution in [0.1, 0.15) is 5.69 Å². The molecule has 0 amide bonds. The highest BCUT2D eigenvalue weighted by Crippen LogP contribution is 2.12. The van der Waals surface area contributed by atoms with Crippen LogP contribution in [0, 0.1) is 6.92 Å². The number of nitrogens with zero attached hydrogens (tertiary/aromatic N) is 4. The number of aryl methyl sites for hydroxylation is 1. The van der Waals surface area contributed by atoms with Crippen LogP contribution in [-0.4, -0.2) is 19.8 Å². The summed E-state index contributed by atoms with van der Waals surface area (Å²) in [7, 11) is 0. The fraction of sp³-hybridized carbons (Fsp3) is 0.100. The van der Waals surface area contributed by atoms with Crippen LogP contribution in [0.5, 0.6) is 0 Å². The minimum absolute atomic E-state index is 0.793. The van der Waals surface area contributed by atoms with Gasteiger partial charge in [-0.3, -0.25) is 0 Å². The maximum absolute atomic E-state index is 4.36. The lowest BCUT2D eigenvalue weighted by Gasteiger charge is -1.97. The van der Waals surface area contributed by atoms with Crippen LogP contribution in [0.3, 0.4) is 0 Å². The van der Waals surface area contributed by atoms with Crippen molar-refractivity contribution >= 4 is 16.7 Å². The first kappa shape index (κ1) is 7.44. The lowest BCUT2D eigenvalue weighted by atomic mass is 10.3. The van der Waals surface area contributed by atoms with Crippen molar-refractivity contribution in [1.29, 1.82) is 0 Å². The molecular weight excluding hydrogens is 176 g/mol. The zero-order chi connectivity index (χ0) is 9.54. The van der Waals surface area contributed by atoms with E-state index in [1.807, 2.05) is 41.8 Å². The highest BCUT2D eigenvalue weighted by molar-refractivity contribution is 5.75. The van der Waals surface area contributed by atoms with Crippen LogP contribution < -0.4 is 0 Å². The van der Waals surface area contributed by atoms with Crippen molar-refractivity contribution in [1.82, 2.24) is 19.8 Å². The largest absolute Gasteiger partial charge is 0.211 e. The molecule has 0 radical (unpaired) electrons. The van der Waals surface area contributed by atoms with E-state index in [1.165, 1.54) is 0 Å². The van der Waals surface area contributed by atoms with Crippen molar-refractivity contribution in [2.45, 2.75) is 6.92 Å². The molecule has 68 valence electrons. The lowest BCUT2D eigenvalue weighted by molar-refractivity contribution is 0.926. The van der Waals surface area contributed by atoms with Crippen LogP contribution in [0.25, 0.3) is 16.7 Å². The van der Waals surface area contributed by atoms with Gasteiger partial charge < -0.3 is 0 Å². The van der Waals surface area contributed by atoms with Gasteiger partial charge in [0, 0.05) is 6.07 Å². The number of para-hydroxylation sites is 1. The second kappa shape index (κ2) is 2.51. The first-order valence-electron chi connectivity index (χ1n) is 4.42. The molecule has 4 nitrogen and oxygen atoms in total. The van der Waals surface area contributed by atoms with Crippen molar-refractivity contribution in [2.75, 3.05) is 0 Å². The molecule has 0 spiro atoms. The highest BCUT2D eigenvalue weighted by Gasteiger charge is 2.03. The smallest absolute Gasteiger partial charge is 0.178 e. The monoisotopic (exact) mass is 184 g/mol. The van der Waals surface area contributed by atoms with Crippen molar-refractivity contribution in [2.24, 2.45) is 0 Å².